The molecule has 162 valence electrons. The summed E-state index contributed by atoms with van der Waals surface area (Å²) in [6.07, 6.45) is 1.01. The number of hydroxylamine groups is 2. The highest BCUT2D eigenvalue weighted by Crippen LogP contribution is 2.39. The molecule has 1 fully saturated rings. The van der Waals surface area contributed by atoms with E-state index in [2.05, 4.69) is 6.07 Å². The van der Waals surface area contributed by atoms with Gasteiger partial charge in [-0.25, -0.2) is 4.79 Å². The first-order valence-corrected chi connectivity index (χ1v) is 10.4. The highest BCUT2D eigenvalue weighted by Gasteiger charge is 2.41. The molecule has 0 saturated carbocycles. The smallest absolute Gasteiger partial charge is 0.357 e. The van der Waals surface area contributed by atoms with Gasteiger partial charge in [0.05, 0.1) is 35.4 Å². The van der Waals surface area contributed by atoms with Crippen molar-refractivity contribution < 1.29 is 24.3 Å². The highest BCUT2D eigenvalue weighted by molar-refractivity contribution is 5.89. The van der Waals surface area contributed by atoms with Gasteiger partial charge in [0.15, 0.2) is 0 Å². The van der Waals surface area contributed by atoms with Crippen LogP contribution in [0.3, 0.4) is 0 Å². The predicted octanol–water partition coefficient (Wildman–Crippen LogP) is 3.54. The molecule has 0 aliphatic carbocycles. The summed E-state index contributed by atoms with van der Waals surface area (Å²) >= 11 is 0. The molecule has 0 amide bonds. The standard InChI is InChI=1S/C24H26N2O5/c1-2-30-22(27)12-13-24(29)14-15-26(31-23(28)20-6-4-3-5-7-20)21(16-24)19-10-8-18(17-25)9-11-19/h3-11,21,29H,2,12-16H2,1H3. The van der Waals surface area contributed by atoms with Crippen LogP contribution in [0.15, 0.2) is 54.6 Å². The molecule has 1 heterocycles. The number of carbonyl (C=O) groups is 2. The van der Waals surface area contributed by atoms with Crippen molar-refractivity contribution in [3.8, 4) is 6.07 Å². The molecule has 2 atom stereocenters. The van der Waals surface area contributed by atoms with E-state index in [1.54, 1.807) is 60.5 Å². The van der Waals surface area contributed by atoms with Crippen molar-refractivity contribution in [3.63, 3.8) is 0 Å². The summed E-state index contributed by atoms with van der Waals surface area (Å²) in [4.78, 5) is 30.1. The monoisotopic (exact) mass is 422 g/mol. The van der Waals surface area contributed by atoms with E-state index in [1.807, 2.05) is 6.07 Å². The summed E-state index contributed by atoms with van der Waals surface area (Å²) in [5.74, 6) is -0.819. The number of esters is 1. The average molecular weight is 422 g/mol. The zero-order valence-electron chi connectivity index (χ0n) is 17.5. The van der Waals surface area contributed by atoms with E-state index in [1.165, 1.54) is 0 Å². The van der Waals surface area contributed by atoms with Gasteiger partial charge in [-0.15, -0.1) is 5.06 Å². The largest absolute Gasteiger partial charge is 0.466 e. The van der Waals surface area contributed by atoms with Crippen LogP contribution in [0.5, 0.6) is 0 Å². The number of benzene rings is 2. The predicted molar refractivity (Wildman–Crippen MR) is 113 cm³/mol. The van der Waals surface area contributed by atoms with E-state index in [-0.39, 0.29) is 25.2 Å². The first-order chi connectivity index (χ1) is 14.9. The quantitative estimate of drug-likeness (QED) is 0.681. The maximum absolute atomic E-state index is 12.6. The number of nitrogens with zero attached hydrogens (tertiary/aromatic N) is 2. The van der Waals surface area contributed by atoms with Gasteiger partial charge in [-0.2, -0.15) is 5.26 Å². The van der Waals surface area contributed by atoms with Crippen LogP contribution >= 0.6 is 0 Å². The number of piperidine rings is 1. The van der Waals surface area contributed by atoms with Gasteiger partial charge in [-0.1, -0.05) is 30.3 Å². The number of hydrogen-bond donors (Lipinski definition) is 1. The van der Waals surface area contributed by atoms with Crippen LogP contribution < -0.4 is 0 Å². The van der Waals surface area contributed by atoms with E-state index >= 15 is 0 Å². The van der Waals surface area contributed by atoms with Crippen LogP contribution in [0, 0.1) is 11.3 Å². The Labute approximate surface area is 181 Å². The minimum Gasteiger partial charge on any atom is -0.466 e. The Morgan fingerprint density at radius 3 is 2.55 bits per heavy atom. The zero-order valence-corrected chi connectivity index (χ0v) is 17.5. The summed E-state index contributed by atoms with van der Waals surface area (Å²) in [6, 6.07) is 17.3. The molecular weight excluding hydrogens is 396 g/mol. The number of hydrogen-bond acceptors (Lipinski definition) is 7. The third-order valence-electron chi connectivity index (χ3n) is 5.45. The van der Waals surface area contributed by atoms with Gasteiger partial charge >= 0.3 is 11.9 Å². The molecule has 7 heteroatoms. The molecule has 0 radical (unpaired) electrons. The third kappa shape index (κ3) is 5.91. The first-order valence-electron chi connectivity index (χ1n) is 10.4. The minimum atomic E-state index is -1.10. The van der Waals surface area contributed by atoms with Crippen LogP contribution in [-0.4, -0.2) is 40.9 Å². The Balaban J connectivity index is 1.79. The van der Waals surface area contributed by atoms with Crippen LogP contribution in [0.2, 0.25) is 0 Å². The zero-order chi connectivity index (χ0) is 22.3. The molecule has 1 aliphatic rings. The summed E-state index contributed by atoms with van der Waals surface area (Å²) in [6.45, 7) is 2.35. The van der Waals surface area contributed by atoms with E-state index in [0.717, 1.165) is 5.56 Å². The van der Waals surface area contributed by atoms with Crippen molar-refractivity contribution in [2.45, 2.75) is 44.2 Å². The third-order valence-corrected chi connectivity index (χ3v) is 5.45. The van der Waals surface area contributed by atoms with Gasteiger partial charge < -0.3 is 14.7 Å². The molecule has 7 nitrogen and oxygen atoms in total. The Kier molecular flexibility index (Phi) is 7.40. The second kappa shape index (κ2) is 10.2. The average Bonchev–Trinajstić information content (AvgIpc) is 2.80. The fraction of sp³-hybridized carbons (Fsp3) is 0.375. The van der Waals surface area contributed by atoms with Gasteiger partial charge in [0.2, 0.25) is 0 Å². The summed E-state index contributed by atoms with van der Waals surface area (Å²) in [5.41, 5.74) is 0.671. The summed E-state index contributed by atoms with van der Waals surface area (Å²) < 4.78 is 4.98. The van der Waals surface area contributed by atoms with Crippen LogP contribution in [0.25, 0.3) is 0 Å². The second-order valence-electron chi connectivity index (χ2n) is 7.62. The van der Waals surface area contributed by atoms with Crippen molar-refractivity contribution in [1.29, 1.82) is 5.26 Å². The molecule has 1 aliphatic heterocycles. The molecule has 2 aromatic carbocycles. The van der Waals surface area contributed by atoms with Crippen molar-refractivity contribution in [2.24, 2.45) is 0 Å². The Morgan fingerprint density at radius 2 is 1.90 bits per heavy atom. The summed E-state index contributed by atoms with van der Waals surface area (Å²) in [5, 5.41) is 21.8. The van der Waals surface area contributed by atoms with Crippen LogP contribution in [0.4, 0.5) is 0 Å². The number of aliphatic hydroxyl groups is 1. The Hall–Kier alpha value is -3.21. The van der Waals surface area contributed by atoms with Crippen molar-refractivity contribution >= 4 is 11.9 Å². The van der Waals surface area contributed by atoms with Crippen molar-refractivity contribution in [3.05, 3.63) is 71.3 Å². The fourth-order valence-electron chi connectivity index (χ4n) is 3.74. The molecule has 1 saturated heterocycles. The van der Waals surface area contributed by atoms with E-state index in [0.29, 0.717) is 30.7 Å². The molecule has 0 bridgehead atoms. The maximum Gasteiger partial charge on any atom is 0.357 e. The number of carbonyl (C=O) groups excluding carboxylic acids is 2. The van der Waals surface area contributed by atoms with Crippen LogP contribution in [0.1, 0.15) is 60.1 Å². The Bertz CT molecular complexity index is 939. The van der Waals surface area contributed by atoms with Gasteiger partial charge in [0, 0.05) is 13.0 Å². The van der Waals surface area contributed by atoms with E-state index in [4.69, 9.17) is 14.8 Å². The number of ether oxygens (including phenoxy) is 1. The second-order valence-corrected chi connectivity index (χ2v) is 7.62. The maximum atomic E-state index is 12.6. The lowest BCUT2D eigenvalue weighted by Gasteiger charge is -2.42. The molecule has 31 heavy (non-hydrogen) atoms. The van der Waals surface area contributed by atoms with Gasteiger partial charge in [0.25, 0.3) is 0 Å². The molecular formula is C24H26N2O5. The SMILES string of the molecule is CCOC(=O)CCC1(O)CCN(OC(=O)c2ccccc2)C(c2ccc(C#N)cc2)C1. The summed E-state index contributed by atoms with van der Waals surface area (Å²) in [7, 11) is 0. The molecule has 2 aromatic rings. The lowest BCUT2D eigenvalue weighted by molar-refractivity contribution is -0.189. The fourth-order valence-corrected chi connectivity index (χ4v) is 3.74. The first kappa shape index (κ1) is 22.5. The van der Waals surface area contributed by atoms with E-state index in [9.17, 15) is 14.7 Å². The number of rotatable bonds is 7. The van der Waals surface area contributed by atoms with Crippen molar-refractivity contribution in [2.75, 3.05) is 13.2 Å². The molecule has 3 rings (SSSR count). The molecule has 0 aromatic heterocycles. The lowest BCUT2D eigenvalue weighted by atomic mass is 9.81. The minimum absolute atomic E-state index is 0.119. The number of nitriles is 1. The molecule has 1 N–H and O–H groups in total. The van der Waals surface area contributed by atoms with Crippen LogP contribution in [-0.2, 0) is 14.4 Å². The Morgan fingerprint density at radius 1 is 1.19 bits per heavy atom. The topological polar surface area (TPSA) is 99.9 Å². The lowest BCUT2D eigenvalue weighted by Crippen LogP contribution is -2.47. The normalized spacial score (nSPS) is 21.1. The van der Waals surface area contributed by atoms with E-state index < -0.39 is 17.6 Å². The van der Waals surface area contributed by atoms with Gasteiger partial charge in [0.1, 0.15) is 0 Å². The van der Waals surface area contributed by atoms with Gasteiger partial charge in [-0.05, 0) is 56.0 Å². The molecule has 2 unspecified atom stereocenters. The highest BCUT2D eigenvalue weighted by atomic mass is 16.7. The van der Waals surface area contributed by atoms with Gasteiger partial charge in [-0.3, -0.25) is 4.79 Å². The molecule has 0 spiro atoms. The van der Waals surface area contributed by atoms with Crippen molar-refractivity contribution in [1.82, 2.24) is 5.06 Å².